The molecule has 0 fully saturated rings. The molecule has 0 aliphatic carbocycles. The van der Waals surface area contributed by atoms with Crippen LogP contribution in [0.3, 0.4) is 0 Å². The zero-order valence-electron chi connectivity index (χ0n) is 7.73. The van der Waals surface area contributed by atoms with Gasteiger partial charge in [-0.1, -0.05) is 12.1 Å². The fraction of sp³-hybridized carbons (Fsp3) is 0.400. The lowest BCUT2D eigenvalue weighted by molar-refractivity contribution is 0.183. The third-order valence-corrected chi connectivity index (χ3v) is 1.90. The van der Waals surface area contributed by atoms with Crippen LogP contribution in [0.4, 0.5) is 0 Å². The summed E-state index contributed by atoms with van der Waals surface area (Å²) in [4.78, 5) is 0. The summed E-state index contributed by atoms with van der Waals surface area (Å²) in [6, 6.07) is 7.60. The van der Waals surface area contributed by atoms with Gasteiger partial charge in [0.2, 0.25) is 0 Å². The number of hydrogen-bond donors (Lipinski definition) is 2. The van der Waals surface area contributed by atoms with Crippen LogP contribution in [0.1, 0.15) is 5.56 Å². The normalized spacial score (nSPS) is 12.5. The molecule has 0 heterocycles. The Bertz CT molecular complexity index is 246. The number of aliphatic hydroxyl groups excluding tert-OH is 1. The standard InChI is InChI=1S/C10H15NO2/c1-13-10-4-2-8(3-5-10)6-9(12)7-11/h2-5,9,12H,6-7,11H2,1H3/t9-/m1/s1. The van der Waals surface area contributed by atoms with Crippen LogP contribution in [0.25, 0.3) is 0 Å². The van der Waals surface area contributed by atoms with Crippen molar-refractivity contribution in [1.82, 2.24) is 0 Å². The Kier molecular flexibility index (Phi) is 3.73. The molecule has 1 aromatic carbocycles. The summed E-state index contributed by atoms with van der Waals surface area (Å²) < 4.78 is 5.01. The van der Waals surface area contributed by atoms with Gasteiger partial charge in [0.1, 0.15) is 5.75 Å². The maximum atomic E-state index is 9.28. The van der Waals surface area contributed by atoms with Crippen molar-refractivity contribution in [2.75, 3.05) is 13.7 Å². The minimum Gasteiger partial charge on any atom is -0.497 e. The third kappa shape index (κ3) is 3.05. The number of hydrogen-bond acceptors (Lipinski definition) is 3. The Morgan fingerprint density at radius 1 is 1.38 bits per heavy atom. The molecule has 1 aromatic rings. The van der Waals surface area contributed by atoms with Crippen LogP contribution in [-0.4, -0.2) is 24.9 Å². The second-order valence-corrected chi connectivity index (χ2v) is 2.94. The summed E-state index contributed by atoms with van der Waals surface area (Å²) in [6.07, 6.45) is 0.147. The van der Waals surface area contributed by atoms with Crippen molar-refractivity contribution in [2.24, 2.45) is 5.73 Å². The van der Waals surface area contributed by atoms with Crippen molar-refractivity contribution in [3.63, 3.8) is 0 Å². The van der Waals surface area contributed by atoms with E-state index in [-0.39, 0.29) is 0 Å². The maximum absolute atomic E-state index is 9.28. The maximum Gasteiger partial charge on any atom is 0.118 e. The molecule has 0 bridgehead atoms. The van der Waals surface area contributed by atoms with Gasteiger partial charge in [-0.25, -0.2) is 0 Å². The van der Waals surface area contributed by atoms with E-state index in [1.807, 2.05) is 24.3 Å². The lowest BCUT2D eigenvalue weighted by Crippen LogP contribution is -2.21. The monoisotopic (exact) mass is 181 g/mol. The molecule has 3 N–H and O–H groups in total. The molecule has 0 aliphatic rings. The highest BCUT2D eigenvalue weighted by Crippen LogP contribution is 2.12. The van der Waals surface area contributed by atoms with Crippen molar-refractivity contribution < 1.29 is 9.84 Å². The zero-order chi connectivity index (χ0) is 9.68. The van der Waals surface area contributed by atoms with Gasteiger partial charge in [0.25, 0.3) is 0 Å². The molecule has 3 nitrogen and oxygen atoms in total. The summed E-state index contributed by atoms with van der Waals surface area (Å²) in [5, 5.41) is 9.28. The number of aliphatic hydroxyl groups is 1. The minimum atomic E-state index is -0.451. The number of benzene rings is 1. The smallest absolute Gasteiger partial charge is 0.118 e. The number of rotatable bonds is 4. The van der Waals surface area contributed by atoms with Crippen LogP contribution >= 0.6 is 0 Å². The first-order valence-electron chi connectivity index (χ1n) is 4.27. The van der Waals surface area contributed by atoms with Crippen molar-refractivity contribution >= 4 is 0 Å². The van der Waals surface area contributed by atoms with Gasteiger partial charge in [-0.05, 0) is 24.1 Å². The number of methoxy groups -OCH3 is 1. The van der Waals surface area contributed by atoms with Crippen LogP contribution in [-0.2, 0) is 6.42 Å². The second kappa shape index (κ2) is 4.84. The van der Waals surface area contributed by atoms with Gasteiger partial charge < -0.3 is 15.6 Å². The van der Waals surface area contributed by atoms with Crippen LogP contribution in [0.5, 0.6) is 5.75 Å². The summed E-state index contributed by atoms with van der Waals surface area (Å²) in [7, 11) is 1.63. The predicted molar refractivity (Wildman–Crippen MR) is 51.8 cm³/mol. The average molecular weight is 181 g/mol. The first-order valence-corrected chi connectivity index (χ1v) is 4.27. The van der Waals surface area contributed by atoms with Gasteiger partial charge >= 0.3 is 0 Å². The van der Waals surface area contributed by atoms with Gasteiger partial charge in [0.05, 0.1) is 13.2 Å². The van der Waals surface area contributed by atoms with Crippen molar-refractivity contribution in [3.05, 3.63) is 29.8 Å². The third-order valence-electron chi connectivity index (χ3n) is 1.90. The van der Waals surface area contributed by atoms with E-state index in [0.717, 1.165) is 11.3 Å². The van der Waals surface area contributed by atoms with E-state index in [1.165, 1.54) is 0 Å². The SMILES string of the molecule is COc1ccc(C[C@@H](O)CN)cc1. The summed E-state index contributed by atoms with van der Waals surface area (Å²) in [6.45, 7) is 0.298. The predicted octanol–water partition coefficient (Wildman–Crippen LogP) is 0.557. The summed E-state index contributed by atoms with van der Waals surface area (Å²) >= 11 is 0. The number of ether oxygens (including phenoxy) is 1. The van der Waals surface area contributed by atoms with E-state index >= 15 is 0 Å². The molecule has 0 saturated heterocycles. The Morgan fingerprint density at radius 2 is 2.00 bits per heavy atom. The van der Waals surface area contributed by atoms with Crippen molar-refractivity contribution in [1.29, 1.82) is 0 Å². The zero-order valence-corrected chi connectivity index (χ0v) is 7.73. The van der Waals surface area contributed by atoms with Crippen LogP contribution < -0.4 is 10.5 Å². The lowest BCUT2D eigenvalue weighted by Gasteiger charge is -2.07. The lowest BCUT2D eigenvalue weighted by atomic mass is 10.1. The first kappa shape index (κ1) is 10.0. The van der Waals surface area contributed by atoms with E-state index in [9.17, 15) is 5.11 Å². The highest BCUT2D eigenvalue weighted by Gasteiger charge is 2.02. The molecule has 1 rings (SSSR count). The molecule has 0 unspecified atom stereocenters. The van der Waals surface area contributed by atoms with Crippen LogP contribution in [0, 0.1) is 0 Å². The van der Waals surface area contributed by atoms with E-state index in [4.69, 9.17) is 10.5 Å². The molecule has 72 valence electrons. The van der Waals surface area contributed by atoms with E-state index in [0.29, 0.717) is 13.0 Å². The van der Waals surface area contributed by atoms with Gasteiger partial charge in [-0.2, -0.15) is 0 Å². The molecule has 13 heavy (non-hydrogen) atoms. The fourth-order valence-corrected chi connectivity index (χ4v) is 1.12. The number of nitrogens with two attached hydrogens (primary N) is 1. The molecule has 3 heteroatoms. The molecule has 0 aliphatic heterocycles. The fourth-order valence-electron chi connectivity index (χ4n) is 1.12. The van der Waals surface area contributed by atoms with Gasteiger partial charge in [-0.3, -0.25) is 0 Å². The quantitative estimate of drug-likeness (QED) is 0.713. The average Bonchev–Trinajstić information content (AvgIpc) is 2.19. The Labute approximate surface area is 78.1 Å². The minimum absolute atomic E-state index is 0.298. The molecule has 0 saturated carbocycles. The van der Waals surface area contributed by atoms with Crippen LogP contribution in [0.15, 0.2) is 24.3 Å². The molecule has 0 spiro atoms. The van der Waals surface area contributed by atoms with E-state index in [2.05, 4.69) is 0 Å². The van der Waals surface area contributed by atoms with Crippen molar-refractivity contribution in [2.45, 2.75) is 12.5 Å². The summed E-state index contributed by atoms with van der Waals surface area (Å²) in [5.41, 5.74) is 6.37. The Balaban J connectivity index is 2.58. The Morgan fingerprint density at radius 3 is 2.46 bits per heavy atom. The van der Waals surface area contributed by atoms with Gasteiger partial charge in [-0.15, -0.1) is 0 Å². The molecular weight excluding hydrogens is 166 g/mol. The largest absolute Gasteiger partial charge is 0.497 e. The molecule has 0 aromatic heterocycles. The van der Waals surface area contributed by atoms with E-state index in [1.54, 1.807) is 7.11 Å². The Hall–Kier alpha value is -1.06. The highest BCUT2D eigenvalue weighted by molar-refractivity contribution is 5.27. The summed E-state index contributed by atoms with van der Waals surface area (Å²) in [5.74, 6) is 0.825. The molecular formula is C10H15NO2. The van der Waals surface area contributed by atoms with E-state index < -0.39 is 6.10 Å². The molecule has 0 amide bonds. The van der Waals surface area contributed by atoms with Gasteiger partial charge in [0.15, 0.2) is 0 Å². The molecule has 0 radical (unpaired) electrons. The highest BCUT2D eigenvalue weighted by atomic mass is 16.5. The topological polar surface area (TPSA) is 55.5 Å². The second-order valence-electron chi connectivity index (χ2n) is 2.94. The molecule has 1 atom stereocenters. The first-order chi connectivity index (χ1) is 6.26. The van der Waals surface area contributed by atoms with Crippen LogP contribution in [0.2, 0.25) is 0 Å². The van der Waals surface area contributed by atoms with Gasteiger partial charge in [0, 0.05) is 6.54 Å². The van der Waals surface area contributed by atoms with Crippen molar-refractivity contribution in [3.8, 4) is 5.75 Å².